The van der Waals surface area contributed by atoms with E-state index in [9.17, 15) is 4.79 Å². The summed E-state index contributed by atoms with van der Waals surface area (Å²) in [5.41, 5.74) is 1.28. The van der Waals surface area contributed by atoms with Gasteiger partial charge in [0.25, 0.3) is 5.91 Å². The van der Waals surface area contributed by atoms with E-state index in [2.05, 4.69) is 12.3 Å². The van der Waals surface area contributed by atoms with Gasteiger partial charge in [-0.15, -0.1) is 11.3 Å². The number of thiophene rings is 1. The molecule has 0 atom stereocenters. The van der Waals surface area contributed by atoms with Gasteiger partial charge in [0.15, 0.2) is 0 Å². The second kappa shape index (κ2) is 4.42. The Balaban J connectivity index is 2.73. The van der Waals surface area contributed by atoms with E-state index < -0.39 is 0 Å². The molecular weight excluding hydrogens is 182 g/mol. The van der Waals surface area contributed by atoms with Gasteiger partial charge < -0.3 is 4.90 Å². The average molecular weight is 197 g/mol. The molecule has 3 heteroatoms. The molecule has 1 aromatic heterocycles. The Bertz CT molecular complexity index is 291. The maximum Gasteiger partial charge on any atom is 0.263 e. The fourth-order valence-electron chi connectivity index (χ4n) is 1.13. The lowest BCUT2D eigenvalue weighted by Crippen LogP contribution is -2.20. The minimum absolute atomic E-state index is 0.104. The van der Waals surface area contributed by atoms with Crippen molar-refractivity contribution >= 4 is 17.2 Å². The number of carbonyl (C=O) groups is 1. The molecule has 0 aliphatic rings. The van der Waals surface area contributed by atoms with Crippen LogP contribution in [0.1, 0.15) is 28.6 Å². The number of hydrogen-bond donors (Lipinski definition) is 0. The second-order valence-corrected chi connectivity index (χ2v) is 4.18. The highest BCUT2D eigenvalue weighted by Gasteiger charge is 2.09. The van der Waals surface area contributed by atoms with Gasteiger partial charge >= 0.3 is 0 Å². The number of rotatable bonds is 3. The first-order chi connectivity index (χ1) is 6.15. The molecule has 1 amide bonds. The summed E-state index contributed by atoms with van der Waals surface area (Å²) in [6.07, 6.45) is 2.20. The molecule has 13 heavy (non-hydrogen) atoms. The summed E-state index contributed by atoms with van der Waals surface area (Å²) in [7, 11) is 3.56. The fraction of sp³-hybridized carbons (Fsp3) is 0.500. The van der Waals surface area contributed by atoms with Gasteiger partial charge in [-0.05, 0) is 23.4 Å². The highest BCUT2D eigenvalue weighted by Crippen LogP contribution is 2.17. The molecule has 2 nitrogen and oxygen atoms in total. The van der Waals surface area contributed by atoms with Crippen LogP contribution >= 0.6 is 11.3 Å². The van der Waals surface area contributed by atoms with Crippen molar-refractivity contribution in [2.24, 2.45) is 0 Å². The number of hydrogen-bond acceptors (Lipinski definition) is 2. The number of aryl methyl sites for hydroxylation is 1. The van der Waals surface area contributed by atoms with Gasteiger partial charge in [0.1, 0.15) is 0 Å². The molecule has 0 radical (unpaired) electrons. The monoisotopic (exact) mass is 197 g/mol. The van der Waals surface area contributed by atoms with E-state index in [4.69, 9.17) is 0 Å². The van der Waals surface area contributed by atoms with Crippen LogP contribution in [0.4, 0.5) is 0 Å². The smallest absolute Gasteiger partial charge is 0.263 e. The molecule has 0 bridgehead atoms. The average Bonchev–Trinajstić information content (AvgIpc) is 2.52. The Labute approximate surface area is 83.2 Å². The van der Waals surface area contributed by atoms with Crippen LogP contribution in [0, 0.1) is 0 Å². The Kier molecular flexibility index (Phi) is 3.48. The van der Waals surface area contributed by atoms with Gasteiger partial charge in [-0.3, -0.25) is 4.79 Å². The number of carbonyl (C=O) groups excluding carboxylic acids is 1. The largest absolute Gasteiger partial charge is 0.344 e. The normalized spacial score (nSPS) is 10.1. The maximum absolute atomic E-state index is 11.5. The van der Waals surface area contributed by atoms with Gasteiger partial charge in [0.05, 0.1) is 4.88 Å². The summed E-state index contributed by atoms with van der Waals surface area (Å²) in [6.45, 7) is 2.14. The van der Waals surface area contributed by atoms with Gasteiger partial charge in [-0.1, -0.05) is 13.3 Å². The zero-order valence-corrected chi connectivity index (χ0v) is 9.15. The van der Waals surface area contributed by atoms with Gasteiger partial charge in [0, 0.05) is 14.1 Å². The lowest BCUT2D eigenvalue weighted by molar-refractivity contribution is 0.0832. The molecule has 1 aromatic rings. The van der Waals surface area contributed by atoms with Crippen molar-refractivity contribution in [3.63, 3.8) is 0 Å². The van der Waals surface area contributed by atoms with Crippen LogP contribution in [-0.2, 0) is 6.42 Å². The molecule has 72 valence electrons. The third-order valence-electron chi connectivity index (χ3n) is 1.81. The molecule has 1 heterocycles. The summed E-state index contributed by atoms with van der Waals surface area (Å²) in [5.74, 6) is 0.104. The van der Waals surface area contributed by atoms with Crippen molar-refractivity contribution in [2.75, 3.05) is 14.1 Å². The molecule has 0 unspecified atom stereocenters. The minimum atomic E-state index is 0.104. The quantitative estimate of drug-likeness (QED) is 0.728. The first-order valence-corrected chi connectivity index (χ1v) is 5.32. The van der Waals surface area contributed by atoms with Crippen molar-refractivity contribution in [3.8, 4) is 0 Å². The third kappa shape index (κ3) is 2.56. The van der Waals surface area contributed by atoms with Crippen LogP contribution < -0.4 is 0 Å². The van der Waals surface area contributed by atoms with Gasteiger partial charge in [-0.2, -0.15) is 0 Å². The van der Waals surface area contributed by atoms with Crippen LogP contribution in [0.15, 0.2) is 11.4 Å². The van der Waals surface area contributed by atoms with Crippen molar-refractivity contribution in [3.05, 3.63) is 21.9 Å². The maximum atomic E-state index is 11.5. The second-order valence-electron chi connectivity index (χ2n) is 3.27. The van der Waals surface area contributed by atoms with E-state index in [0.717, 1.165) is 17.7 Å². The van der Waals surface area contributed by atoms with Crippen LogP contribution in [0.25, 0.3) is 0 Å². The van der Waals surface area contributed by atoms with Crippen molar-refractivity contribution < 1.29 is 4.79 Å². The predicted molar refractivity (Wildman–Crippen MR) is 56.3 cm³/mol. The molecule has 0 aliphatic carbocycles. The molecule has 0 N–H and O–H groups in total. The highest BCUT2D eigenvalue weighted by molar-refractivity contribution is 7.12. The van der Waals surface area contributed by atoms with Gasteiger partial charge in [0.2, 0.25) is 0 Å². The molecule has 0 fully saturated rings. The SMILES string of the molecule is CCCc1csc(C(=O)N(C)C)c1. The third-order valence-corrected chi connectivity index (χ3v) is 2.78. The van der Waals surface area contributed by atoms with Crippen LogP contribution in [-0.4, -0.2) is 24.9 Å². The molecule has 0 saturated carbocycles. The molecular formula is C10H15NOS. The van der Waals surface area contributed by atoms with Crippen LogP contribution in [0.2, 0.25) is 0 Å². The summed E-state index contributed by atoms with van der Waals surface area (Å²) in [4.78, 5) is 14.0. The van der Waals surface area contributed by atoms with E-state index in [1.54, 1.807) is 19.0 Å². The summed E-state index contributed by atoms with van der Waals surface area (Å²) in [5, 5.41) is 2.07. The lowest BCUT2D eigenvalue weighted by Gasteiger charge is -2.06. The molecule has 0 spiro atoms. The Morgan fingerprint density at radius 3 is 2.77 bits per heavy atom. The topological polar surface area (TPSA) is 20.3 Å². The molecule has 0 aliphatic heterocycles. The number of nitrogens with zero attached hydrogens (tertiary/aromatic N) is 1. The first kappa shape index (κ1) is 10.3. The Hall–Kier alpha value is -0.830. The standard InChI is InChI=1S/C10H15NOS/c1-4-5-8-6-9(13-7-8)10(12)11(2)3/h6-7H,4-5H2,1-3H3. The van der Waals surface area contributed by atoms with Crippen molar-refractivity contribution in [1.82, 2.24) is 4.90 Å². The summed E-state index contributed by atoms with van der Waals surface area (Å²) in [6, 6.07) is 2.00. The fourth-order valence-corrected chi connectivity index (χ4v) is 2.09. The van der Waals surface area contributed by atoms with Crippen LogP contribution in [0.5, 0.6) is 0 Å². The zero-order chi connectivity index (χ0) is 9.84. The van der Waals surface area contributed by atoms with E-state index in [-0.39, 0.29) is 5.91 Å². The van der Waals surface area contributed by atoms with Crippen LogP contribution in [0.3, 0.4) is 0 Å². The molecule has 0 aromatic carbocycles. The Morgan fingerprint density at radius 2 is 2.23 bits per heavy atom. The van der Waals surface area contributed by atoms with Crippen molar-refractivity contribution in [1.29, 1.82) is 0 Å². The van der Waals surface area contributed by atoms with Crippen molar-refractivity contribution in [2.45, 2.75) is 19.8 Å². The summed E-state index contributed by atoms with van der Waals surface area (Å²) >= 11 is 1.53. The first-order valence-electron chi connectivity index (χ1n) is 4.44. The number of amides is 1. The molecule has 1 rings (SSSR count). The minimum Gasteiger partial charge on any atom is -0.344 e. The summed E-state index contributed by atoms with van der Waals surface area (Å²) < 4.78 is 0. The highest BCUT2D eigenvalue weighted by atomic mass is 32.1. The van der Waals surface area contributed by atoms with Gasteiger partial charge in [-0.25, -0.2) is 0 Å². The lowest BCUT2D eigenvalue weighted by atomic mass is 10.2. The molecule has 0 saturated heterocycles. The van der Waals surface area contributed by atoms with E-state index in [0.29, 0.717) is 0 Å². The van der Waals surface area contributed by atoms with E-state index >= 15 is 0 Å². The zero-order valence-electron chi connectivity index (χ0n) is 8.33. The van der Waals surface area contributed by atoms with E-state index in [1.807, 2.05) is 6.07 Å². The van der Waals surface area contributed by atoms with E-state index in [1.165, 1.54) is 16.9 Å². The Morgan fingerprint density at radius 1 is 1.54 bits per heavy atom. The predicted octanol–water partition coefficient (Wildman–Crippen LogP) is 2.40.